The molecule has 0 aliphatic carbocycles. The Kier molecular flexibility index (Phi) is 8.26. The average molecular weight is 502 g/mol. The van der Waals surface area contributed by atoms with Crippen LogP contribution >= 0.6 is 27.3 Å². The van der Waals surface area contributed by atoms with Crippen LogP contribution in [0.4, 0.5) is 5.00 Å². The summed E-state index contributed by atoms with van der Waals surface area (Å²) in [7, 11) is 0. The standard InChI is InChI=1S/C24H24BrNO4S/c1-3-29-24(28)18-15-21(17-8-5-4-6-9-17)31-23(18)26-22(27)10-7-13-30-20-12-11-16(2)14-19(20)25/h4-6,8-9,11-12,14-15H,3,7,10,13H2,1-2H3,(H,26,27). The molecule has 1 amide bonds. The summed E-state index contributed by atoms with van der Waals surface area (Å²) < 4.78 is 11.8. The Balaban J connectivity index is 1.61. The Labute approximate surface area is 194 Å². The van der Waals surface area contributed by atoms with Gasteiger partial charge in [0.05, 0.1) is 23.2 Å². The van der Waals surface area contributed by atoms with Gasteiger partial charge in [0.25, 0.3) is 0 Å². The number of carbonyl (C=O) groups excluding carboxylic acids is 2. The molecule has 0 spiro atoms. The lowest BCUT2D eigenvalue weighted by atomic mass is 10.1. The van der Waals surface area contributed by atoms with Crippen molar-refractivity contribution in [3.05, 3.63) is 70.2 Å². The van der Waals surface area contributed by atoms with Crippen LogP contribution in [0.2, 0.25) is 0 Å². The largest absolute Gasteiger partial charge is 0.492 e. The van der Waals surface area contributed by atoms with Gasteiger partial charge < -0.3 is 14.8 Å². The SMILES string of the molecule is CCOC(=O)c1cc(-c2ccccc2)sc1NC(=O)CCCOc1ccc(C)cc1Br. The number of rotatable bonds is 9. The molecule has 1 heterocycles. The van der Waals surface area contributed by atoms with Gasteiger partial charge in [0.1, 0.15) is 10.8 Å². The molecular formula is C24H24BrNO4S. The average Bonchev–Trinajstić information content (AvgIpc) is 3.17. The fourth-order valence-corrected chi connectivity index (χ4v) is 4.59. The van der Waals surface area contributed by atoms with Crippen LogP contribution in [0, 0.1) is 6.92 Å². The first-order chi connectivity index (χ1) is 15.0. The van der Waals surface area contributed by atoms with E-state index < -0.39 is 5.97 Å². The fraction of sp³-hybridized carbons (Fsp3) is 0.250. The van der Waals surface area contributed by atoms with Crippen molar-refractivity contribution in [1.82, 2.24) is 0 Å². The Morgan fingerprint density at radius 3 is 2.58 bits per heavy atom. The topological polar surface area (TPSA) is 64.6 Å². The van der Waals surface area contributed by atoms with Crippen molar-refractivity contribution in [2.24, 2.45) is 0 Å². The summed E-state index contributed by atoms with van der Waals surface area (Å²) >= 11 is 4.85. The number of aryl methyl sites for hydroxylation is 1. The summed E-state index contributed by atoms with van der Waals surface area (Å²) in [5.41, 5.74) is 2.50. The predicted octanol–water partition coefficient (Wildman–Crippen LogP) is 6.46. The lowest BCUT2D eigenvalue weighted by Gasteiger charge is -2.09. The lowest BCUT2D eigenvalue weighted by Crippen LogP contribution is -2.14. The van der Waals surface area contributed by atoms with Gasteiger partial charge in [-0.3, -0.25) is 4.79 Å². The molecule has 3 aromatic rings. The van der Waals surface area contributed by atoms with E-state index in [0.717, 1.165) is 26.2 Å². The van der Waals surface area contributed by atoms with E-state index in [1.807, 2.05) is 55.5 Å². The smallest absolute Gasteiger partial charge is 0.341 e. The van der Waals surface area contributed by atoms with Crippen molar-refractivity contribution >= 4 is 44.1 Å². The first-order valence-corrected chi connectivity index (χ1v) is 11.6. The number of amides is 1. The third-order valence-corrected chi connectivity index (χ3v) is 6.15. The number of esters is 1. The maximum absolute atomic E-state index is 12.5. The van der Waals surface area contributed by atoms with Crippen LogP contribution in [0.25, 0.3) is 10.4 Å². The van der Waals surface area contributed by atoms with Gasteiger partial charge in [-0.2, -0.15) is 0 Å². The second-order valence-electron chi connectivity index (χ2n) is 6.87. The van der Waals surface area contributed by atoms with Crippen molar-refractivity contribution in [3.8, 4) is 16.2 Å². The van der Waals surface area contributed by atoms with Crippen LogP contribution in [0.15, 0.2) is 59.1 Å². The van der Waals surface area contributed by atoms with E-state index >= 15 is 0 Å². The predicted molar refractivity (Wildman–Crippen MR) is 128 cm³/mol. The van der Waals surface area contributed by atoms with E-state index in [-0.39, 0.29) is 18.9 Å². The van der Waals surface area contributed by atoms with E-state index in [1.54, 1.807) is 13.0 Å². The van der Waals surface area contributed by atoms with E-state index in [2.05, 4.69) is 21.2 Å². The van der Waals surface area contributed by atoms with Gasteiger partial charge in [-0.25, -0.2) is 4.79 Å². The van der Waals surface area contributed by atoms with Gasteiger partial charge in [-0.15, -0.1) is 11.3 Å². The number of carbonyl (C=O) groups is 2. The molecule has 0 aliphatic rings. The van der Waals surface area contributed by atoms with Crippen LogP contribution in [0.5, 0.6) is 5.75 Å². The monoisotopic (exact) mass is 501 g/mol. The van der Waals surface area contributed by atoms with Crippen molar-refractivity contribution < 1.29 is 19.1 Å². The fourth-order valence-electron chi connectivity index (χ4n) is 2.92. The minimum atomic E-state index is -0.441. The number of ether oxygens (including phenoxy) is 2. The van der Waals surface area contributed by atoms with Gasteiger partial charge in [0.15, 0.2) is 0 Å². The van der Waals surface area contributed by atoms with Crippen LogP contribution in [-0.2, 0) is 9.53 Å². The number of hydrogen-bond acceptors (Lipinski definition) is 5. The van der Waals surface area contributed by atoms with Crippen molar-refractivity contribution in [1.29, 1.82) is 0 Å². The molecule has 0 saturated carbocycles. The van der Waals surface area contributed by atoms with Crippen molar-refractivity contribution in [2.45, 2.75) is 26.7 Å². The molecule has 1 N–H and O–H groups in total. The number of anilines is 1. The number of hydrogen-bond donors (Lipinski definition) is 1. The van der Waals surface area contributed by atoms with Crippen LogP contribution in [-0.4, -0.2) is 25.1 Å². The number of halogens is 1. The molecule has 0 atom stereocenters. The zero-order valence-electron chi connectivity index (χ0n) is 17.4. The van der Waals surface area contributed by atoms with E-state index in [1.165, 1.54) is 11.3 Å². The minimum absolute atomic E-state index is 0.168. The summed E-state index contributed by atoms with van der Waals surface area (Å²) in [5.74, 6) is 0.142. The molecule has 3 rings (SSSR count). The molecule has 2 aromatic carbocycles. The molecule has 0 fully saturated rings. The highest BCUT2D eigenvalue weighted by molar-refractivity contribution is 9.10. The molecule has 1 aromatic heterocycles. The lowest BCUT2D eigenvalue weighted by molar-refractivity contribution is -0.116. The van der Waals surface area contributed by atoms with Crippen LogP contribution in [0.3, 0.4) is 0 Å². The molecule has 0 saturated heterocycles. The molecule has 0 bridgehead atoms. The van der Waals surface area contributed by atoms with E-state index in [0.29, 0.717) is 23.6 Å². The maximum Gasteiger partial charge on any atom is 0.341 e. The maximum atomic E-state index is 12.5. The zero-order chi connectivity index (χ0) is 22.2. The van der Waals surface area contributed by atoms with E-state index in [4.69, 9.17) is 9.47 Å². The normalized spacial score (nSPS) is 10.5. The highest BCUT2D eigenvalue weighted by atomic mass is 79.9. The van der Waals surface area contributed by atoms with Crippen LogP contribution < -0.4 is 10.1 Å². The van der Waals surface area contributed by atoms with Gasteiger partial charge in [0.2, 0.25) is 5.91 Å². The second-order valence-corrected chi connectivity index (χ2v) is 8.78. The summed E-state index contributed by atoms with van der Waals surface area (Å²) in [5, 5.41) is 3.38. The number of benzene rings is 2. The number of nitrogens with one attached hydrogen (secondary N) is 1. The molecule has 162 valence electrons. The molecule has 0 unspecified atom stereocenters. The van der Waals surface area contributed by atoms with E-state index in [9.17, 15) is 9.59 Å². The molecule has 5 nitrogen and oxygen atoms in total. The third-order valence-electron chi connectivity index (χ3n) is 4.43. The summed E-state index contributed by atoms with van der Waals surface area (Å²) in [6.45, 7) is 4.46. The Hall–Kier alpha value is -2.64. The summed E-state index contributed by atoms with van der Waals surface area (Å²) in [4.78, 5) is 25.8. The van der Waals surface area contributed by atoms with Crippen molar-refractivity contribution in [2.75, 3.05) is 18.5 Å². The first-order valence-electron chi connectivity index (χ1n) is 10.0. The molecule has 7 heteroatoms. The Bertz CT molecular complexity index is 1050. The Morgan fingerprint density at radius 2 is 1.87 bits per heavy atom. The van der Waals surface area contributed by atoms with Crippen LogP contribution in [0.1, 0.15) is 35.7 Å². The summed E-state index contributed by atoms with van der Waals surface area (Å²) in [6, 6.07) is 17.4. The number of thiophene rings is 1. The minimum Gasteiger partial charge on any atom is -0.492 e. The first kappa shape index (κ1) is 23.0. The highest BCUT2D eigenvalue weighted by Gasteiger charge is 2.19. The molecular weight excluding hydrogens is 478 g/mol. The van der Waals surface area contributed by atoms with Gasteiger partial charge in [0, 0.05) is 11.3 Å². The van der Waals surface area contributed by atoms with Gasteiger partial charge >= 0.3 is 5.97 Å². The molecule has 0 radical (unpaired) electrons. The second kappa shape index (κ2) is 11.1. The highest BCUT2D eigenvalue weighted by Crippen LogP contribution is 2.36. The molecule has 0 aliphatic heterocycles. The Morgan fingerprint density at radius 1 is 1.10 bits per heavy atom. The van der Waals surface area contributed by atoms with Gasteiger partial charge in [-0.05, 0) is 65.5 Å². The summed E-state index contributed by atoms with van der Waals surface area (Å²) in [6.07, 6.45) is 0.835. The van der Waals surface area contributed by atoms with Crippen molar-refractivity contribution in [3.63, 3.8) is 0 Å². The van der Waals surface area contributed by atoms with Gasteiger partial charge in [-0.1, -0.05) is 36.4 Å². The molecule has 31 heavy (non-hydrogen) atoms. The third kappa shape index (κ3) is 6.42. The quantitative estimate of drug-likeness (QED) is 0.270. The zero-order valence-corrected chi connectivity index (χ0v) is 19.8.